The minimum Gasteiger partial charge on any atom is -0.360 e. The standard InChI is InChI=1S/C27H30ClFN4O4/c1-5-27(3,4)31-26(36)25(18-10-6-7-11-19(18)28)33(21-13-9-8-12-20(21)29)24(35)15-14-23(34)30-22-16-17(2)37-32-22/h6-13,16,25H,5,14-15H2,1-4H3,(H,31,36)(H,30,32,34). The SMILES string of the molecule is CCC(C)(C)NC(=O)C(c1ccccc1Cl)N(C(=O)CCC(=O)Nc1cc(C)on1)c1ccccc1F. The van der Waals surface area contributed by atoms with Gasteiger partial charge in [0.05, 0.1) is 5.69 Å². The molecule has 8 nitrogen and oxygen atoms in total. The molecule has 1 unspecified atom stereocenters. The average Bonchev–Trinajstić information content (AvgIpc) is 3.26. The molecule has 0 aliphatic rings. The summed E-state index contributed by atoms with van der Waals surface area (Å²) in [5.74, 6) is -1.61. The smallest absolute Gasteiger partial charge is 0.248 e. The van der Waals surface area contributed by atoms with Gasteiger partial charge in [0.15, 0.2) is 5.82 Å². The van der Waals surface area contributed by atoms with Gasteiger partial charge in [0, 0.05) is 35.0 Å². The zero-order chi connectivity index (χ0) is 27.2. The molecule has 3 rings (SSSR count). The number of rotatable bonds is 10. The Labute approximate surface area is 220 Å². The zero-order valence-electron chi connectivity index (χ0n) is 21.2. The average molecular weight is 529 g/mol. The van der Waals surface area contributed by atoms with E-state index < -0.39 is 35.1 Å². The fraction of sp³-hybridized carbons (Fsp3) is 0.333. The number of carbonyl (C=O) groups excluding carboxylic acids is 3. The highest BCUT2D eigenvalue weighted by atomic mass is 35.5. The number of nitrogens with zero attached hydrogens (tertiary/aromatic N) is 2. The van der Waals surface area contributed by atoms with Crippen molar-refractivity contribution in [1.29, 1.82) is 0 Å². The Kier molecular flexibility index (Phi) is 9.04. The number of anilines is 2. The van der Waals surface area contributed by atoms with Crippen LogP contribution in [0.2, 0.25) is 5.02 Å². The Balaban J connectivity index is 1.99. The minimum atomic E-state index is -1.29. The van der Waals surface area contributed by atoms with E-state index >= 15 is 4.39 Å². The second-order valence-corrected chi connectivity index (χ2v) is 9.64. The molecular formula is C27H30ClFN4O4. The maximum absolute atomic E-state index is 15.1. The topological polar surface area (TPSA) is 105 Å². The predicted octanol–water partition coefficient (Wildman–Crippen LogP) is 5.57. The number of hydrogen-bond donors (Lipinski definition) is 2. The number of nitrogens with one attached hydrogen (secondary N) is 2. The van der Waals surface area contributed by atoms with Crippen molar-refractivity contribution in [3.8, 4) is 0 Å². The maximum atomic E-state index is 15.1. The lowest BCUT2D eigenvalue weighted by molar-refractivity contribution is -0.128. The summed E-state index contributed by atoms with van der Waals surface area (Å²) in [5, 5.41) is 9.44. The zero-order valence-corrected chi connectivity index (χ0v) is 21.9. The predicted molar refractivity (Wildman–Crippen MR) is 140 cm³/mol. The first-order valence-corrected chi connectivity index (χ1v) is 12.3. The number of aryl methyl sites for hydroxylation is 1. The number of hydrogen-bond acceptors (Lipinski definition) is 5. The summed E-state index contributed by atoms with van der Waals surface area (Å²) in [7, 11) is 0. The molecule has 0 bridgehead atoms. The van der Waals surface area contributed by atoms with Crippen molar-refractivity contribution < 1.29 is 23.3 Å². The van der Waals surface area contributed by atoms with E-state index in [1.807, 2.05) is 20.8 Å². The van der Waals surface area contributed by atoms with Crippen molar-refractivity contribution in [2.24, 2.45) is 0 Å². The number of carbonyl (C=O) groups is 3. The summed E-state index contributed by atoms with van der Waals surface area (Å²) < 4.78 is 20.0. The monoisotopic (exact) mass is 528 g/mol. The summed E-state index contributed by atoms with van der Waals surface area (Å²) in [5.41, 5.74) is -0.377. The van der Waals surface area contributed by atoms with Crippen LogP contribution in [0.5, 0.6) is 0 Å². The molecular weight excluding hydrogens is 499 g/mol. The van der Waals surface area contributed by atoms with Crippen LogP contribution in [-0.2, 0) is 14.4 Å². The van der Waals surface area contributed by atoms with E-state index in [4.69, 9.17) is 16.1 Å². The first kappa shape index (κ1) is 27.9. The summed E-state index contributed by atoms with van der Waals surface area (Å²) >= 11 is 6.47. The summed E-state index contributed by atoms with van der Waals surface area (Å²) in [6.07, 6.45) is 0.0821. The van der Waals surface area contributed by atoms with Crippen molar-refractivity contribution in [3.05, 3.63) is 76.8 Å². The molecule has 196 valence electrons. The largest absolute Gasteiger partial charge is 0.360 e. The van der Waals surface area contributed by atoms with Gasteiger partial charge in [-0.15, -0.1) is 0 Å². The lowest BCUT2D eigenvalue weighted by Gasteiger charge is -2.35. The third kappa shape index (κ3) is 7.16. The van der Waals surface area contributed by atoms with Crippen LogP contribution in [-0.4, -0.2) is 28.4 Å². The normalized spacial score (nSPS) is 12.1. The van der Waals surface area contributed by atoms with Crippen molar-refractivity contribution in [2.75, 3.05) is 10.2 Å². The second-order valence-electron chi connectivity index (χ2n) is 9.24. The maximum Gasteiger partial charge on any atom is 0.248 e. The van der Waals surface area contributed by atoms with Gasteiger partial charge in [-0.05, 0) is 45.4 Å². The van der Waals surface area contributed by atoms with Gasteiger partial charge in [-0.1, -0.05) is 54.0 Å². The van der Waals surface area contributed by atoms with Crippen LogP contribution in [0.1, 0.15) is 57.4 Å². The highest BCUT2D eigenvalue weighted by Crippen LogP contribution is 2.34. The van der Waals surface area contributed by atoms with Crippen LogP contribution >= 0.6 is 11.6 Å². The molecule has 3 aromatic rings. The molecule has 3 amide bonds. The van der Waals surface area contributed by atoms with E-state index in [9.17, 15) is 14.4 Å². The molecule has 10 heteroatoms. The fourth-order valence-electron chi connectivity index (χ4n) is 3.62. The van der Waals surface area contributed by atoms with Crippen molar-refractivity contribution >= 4 is 40.8 Å². The van der Waals surface area contributed by atoms with Gasteiger partial charge in [0.2, 0.25) is 17.7 Å². The second kappa shape index (κ2) is 12.0. The van der Waals surface area contributed by atoms with Gasteiger partial charge in [0.1, 0.15) is 17.6 Å². The number of benzene rings is 2. The number of halogens is 2. The summed E-state index contributed by atoms with van der Waals surface area (Å²) in [4.78, 5) is 40.9. The Morgan fingerprint density at radius 2 is 1.78 bits per heavy atom. The molecule has 0 aliphatic carbocycles. The van der Waals surface area contributed by atoms with E-state index in [0.717, 1.165) is 4.90 Å². The molecule has 0 radical (unpaired) electrons. The lowest BCUT2D eigenvalue weighted by atomic mass is 9.97. The van der Waals surface area contributed by atoms with Gasteiger partial charge in [-0.25, -0.2) is 4.39 Å². The van der Waals surface area contributed by atoms with Crippen LogP contribution in [0.15, 0.2) is 59.1 Å². The summed E-state index contributed by atoms with van der Waals surface area (Å²) in [6, 6.07) is 12.5. The quantitative estimate of drug-likeness (QED) is 0.358. The van der Waals surface area contributed by atoms with Crippen molar-refractivity contribution in [2.45, 2.75) is 58.5 Å². The number of amides is 3. The molecule has 0 saturated carbocycles. The molecule has 1 atom stereocenters. The number of para-hydroxylation sites is 1. The van der Waals surface area contributed by atoms with Crippen molar-refractivity contribution in [1.82, 2.24) is 10.5 Å². The van der Waals surface area contributed by atoms with E-state index in [1.165, 1.54) is 18.2 Å². The molecule has 2 N–H and O–H groups in total. The van der Waals surface area contributed by atoms with Gasteiger partial charge in [-0.3, -0.25) is 19.3 Å². The van der Waals surface area contributed by atoms with E-state index in [1.54, 1.807) is 43.3 Å². The Morgan fingerprint density at radius 1 is 1.11 bits per heavy atom. The van der Waals surface area contributed by atoms with E-state index in [0.29, 0.717) is 17.7 Å². The van der Waals surface area contributed by atoms with Crippen LogP contribution < -0.4 is 15.5 Å². The first-order chi connectivity index (χ1) is 17.5. The highest BCUT2D eigenvalue weighted by Gasteiger charge is 2.37. The molecule has 0 spiro atoms. The molecule has 1 aromatic heterocycles. The highest BCUT2D eigenvalue weighted by molar-refractivity contribution is 6.31. The molecule has 0 saturated heterocycles. The first-order valence-electron chi connectivity index (χ1n) is 11.9. The van der Waals surface area contributed by atoms with Crippen LogP contribution in [0.25, 0.3) is 0 Å². The van der Waals surface area contributed by atoms with Gasteiger partial charge in [-0.2, -0.15) is 0 Å². The van der Waals surface area contributed by atoms with Crippen LogP contribution in [0.3, 0.4) is 0 Å². The van der Waals surface area contributed by atoms with E-state index in [2.05, 4.69) is 15.8 Å². The van der Waals surface area contributed by atoms with Crippen LogP contribution in [0, 0.1) is 12.7 Å². The minimum absolute atomic E-state index is 0.102. The molecule has 0 aliphatic heterocycles. The fourth-order valence-corrected chi connectivity index (χ4v) is 3.86. The summed E-state index contributed by atoms with van der Waals surface area (Å²) in [6.45, 7) is 7.29. The van der Waals surface area contributed by atoms with Crippen molar-refractivity contribution in [3.63, 3.8) is 0 Å². The Hall–Kier alpha value is -3.72. The molecule has 0 fully saturated rings. The third-order valence-electron chi connectivity index (χ3n) is 5.89. The molecule has 2 aromatic carbocycles. The third-order valence-corrected chi connectivity index (χ3v) is 6.24. The van der Waals surface area contributed by atoms with E-state index in [-0.39, 0.29) is 29.4 Å². The Bertz CT molecular complexity index is 1280. The lowest BCUT2D eigenvalue weighted by Crippen LogP contribution is -2.50. The van der Waals surface area contributed by atoms with Gasteiger partial charge >= 0.3 is 0 Å². The number of aromatic nitrogens is 1. The Morgan fingerprint density at radius 3 is 2.41 bits per heavy atom. The van der Waals surface area contributed by atoms with Gasteiger partial charge < -0.3 is 15.2 Å². The van der Waals surface area contributed by atoms with Gasteiger partial charge in [0.25, 0.3) is 0 Å². The molecule has 1 heterocycles. The van der Waals surface area contributed by atoms with Crippen LogP contribution in [0.4, 0.5) is 15.9 Å². The molecule has 37 heavy (non-hydrogen) atoms.